The maximum absolute atomic E-state index is 16.9. The lowest BCUT2D eigenvalue weighted by atomic mass is 9.71. The lowest BCUT2D eigenvalue weighted by molar-refractivity contribution is -0.184. The third kappa shape index (κ3) is 6.02. The number of halogens is 4. The van der Waals surface area contributed by atoms with Gasteiger partial charge in [-0.15, -0.1) is 0 Å². The number of hydrogen-bond donors (Lipinski definition) is 1. The molecular weight excluding hydrogens is 609 g/mol. The minimum absolute atomic E-state index is 0.000984. The summed E-state index contributed by atoms with van der Waals surface area (Å²) in [5, 5.41) is 12.7. The van der Waals surface area contributed by atoms with E-state index in [2.05, 4.69) is 9.97 Å². The van der Waals surface area contributed by atoms with E-state index in [-0.39, 0.29) is 48.6 Å². The van der Waals surface area contributed by atoms with Crippen molar-refractivity contribution in [1.29, 1.82) is 0 Å². The Labute approximate surface area is 267 Å². The second kappa shape index (κ2) is 13.1. The Morgan fingerprint density at radius 1 is 1.11 bits per heavy atom. The first-order chi connectivity index (χ1) is 21.0. The summed E-state index contributed by atoms with van der Waals surface area (Å²) in [5.74, 6) is -0.398. The molecule has 1 N–H and O–H groups in total. The number of aliphatic hydroxyl groups is 1. The minimum Gasteiger partial charge on any atom is -0.382 e. The number of carbonyl (C=O) groups is 1. The van der Waals surface area contributed by atoms with E-state index in [1.807, 2.05) is 11.9 Å². The smallest absolute Gasteiger partial charge is 0.178 e. The molecule has 0 radical (unpaired) electrons. The van der Waals surface area contributed by atoms with Crippen molar-refractivity contribution in [2.24, 2.45) is 0 Å². The number of carbonyl (C=O) groups excluding carboxylic acids is 1. The van der Waals surface area contributed by atoms with Crippen molar-refractivity contribution in [3.05, 3.63) is 92.7 Å². The zero-order valence-corrected chi connectivity index (χ0v) is 26.7. The van der Waals surface area contributed by atoms with Crippen LogP contribution < -0.4 is 0 Å². The van der Waals surface area contributed by atoms with Crippen molar-refractivity contribution in [3.63, 3.8) is 0 Å². The van der Waals surface area contributed by atoms with Crippen LogP contribution in [0.2, 0.25) is 10.0 Å². The van der Waals surface area contributed by atoms with Crippen molar-refractivity contribution >= 4 is 29.5 Å². The molecule has 1 aliphatic heterocycles. The van der Waals surface area contributed by atoms with Crippen molar-refractivity contribution in [3.8, 4) is 0 Å². The van der Waals surface area contributed by atoms with E-state index < -0.39 is 22.8 Å². The first kappa shape index (κ1) is 32.9. The highest BCUT2D eigenvalue weighted by Crippen LogP contribution is 2.49. The molecule has 0 spiro atoms. The molecule has 2 atom stereocenters. The number of rotatable bonds is 11. The van der Waals surface area contributed by atoms with E-state index >= 15 is 8.78 Å². The molecule has 0 amide bonds. The summed E-state index contributed by atoms with van der Waals surface area (Å²) < 4.78 is 40.3. The molecule has 1 aromatic heterocycles. The van der Waals surface area contributed by atoms with Gasteiger partial charge in [-0.25, -0.2) is 18.7 Å². The zero-order chi connectivity index (χ0) is 31.7. The lowest BCUT2D eigenvalue weighted by Gasteiger charge is -2.48. The topological polar surface area (TPSA) is 78.8 Å². The summed E-state index contributed by atoms with van der Waals surface area (Å²) in [6.07, 6.45) is 5.88. The Hall–Kier alpha value is -2.53. The summed E-state index contributed by atoms with van der Waals surface area (Å²) in [5.41, 5.74) is -5.19. The number of alkyl halides is 1. The first-order valence-electron chi connectivity index (χ1n) is 15.0. The fraction of sp³-hybridized carbons (Fsp3) is 0.485. The van der Waals surface area contributed by atoms with Gasteiger partial charge in [0.25, 0.3) is 0 Å². The van der Waals surface area contributed by atoms with Gasteiger partial charge in [0.2, 0.25) is 0 Å². The molecule has 44 heavy (non-hydrogen) atoms. The van der Waals surface area contributed by atoms with E-state index in [0.717, 1.165) is 25.3 Å². The Morgan fingerprint density at radius 2 is 1.75 bits per heavy atom. The van der Waals surface area contributed by atoms with E-state index in [4.69, 9.17) is 27.9 Å². The quantitative estimate of drug-likeness (QED) is 0.184. The summed E-state index contributed by atoms with van der Waals surface area (Å²) >= 11 is 12.3. The average Bonchev–Trinajstić information content (AvgIpc) is 2.99. The normalized spacial score (nSPS) is 20.1. The molecule has 3 aromatic rings. The van der Waals surface area contributed by atoms with Crippen molar-refractivity contribution in [2.45, 2.75) is 75.1 Å². The third-order valence-corrected chi connectivity index (χ3v) is 9.76. The number of likely N-dealkylation sites (tertiary alicyclic amines) is 1. The molecule has 11 heteroatoms. The van der Waals surface area contributed by atoms with Crippen LogP contribution in [0.5, 0.6) is 0 Å². The van der Waals surface area contributed by atoms with Crippen LogP contribution in [0.25, 0.3) is 0 Å². The van der Waals surface area contributed by atoms with Crippen molar-refractivity contribution in [1.82, 2.24) is 19.8 Å². The van der Waals surface area contributed by atoms with Gasteiger partial charge in [0.15, 0.2) is 12.0 Å². The van der Waals surface area contributed by atoms with Gasteiger partial charge in [0, 0.05) is 47.2 Å². The predicted octanol–water partition coefficient (Wildman–Crippen LogP) is 6.67. The van der Waals surface area contributed by atoms with Crippen LogP contribution >= 0.6 is 23.2 Å². The number of hydrogen-bond acceptors (Lipinski definition) is 7. The van der Waals surface area contributed by atoms with E-state index in [9.17, 15) is 9.90 Å². The van der Waals surface area contributed by atoms with Crippen molar-refractivity contribution in [2.75, 3.05) is 27.2 Å². The Bertz CT molecular complexity index is 1470. The van der Waals surface area contributed by atoms with Gasteiger partial charge >= 0.3 is 0 Å². The Kier molecular flexibility index (Phi) is 9.75. The highest BCUT2D eigenvalue weighted by molar-refractivity contribution is 6.30. The van der Waals surface area contributed by atoms with Gasteiger partial charge in [-0.05, 0) is 82.4 Å². The number of aromatic nitrogens is 2. The summed E-state index contributed by atoms with van der Waals surface area (Å²) in [7, 11) is 3.64. The van der Waals surface area contributed by atoms with Crippen LogP contribution in [0, 0.1) is 5.82 Å². The first-order valence-corrected chi connectivity index (χ1v) is 15.7. The van der Waals surface area contributed by atoms with Crippen LogP contribution in [0.1, 0.15) is 78.3 Å². The number of ether oxygens (including phenoxy) is 1. The molecule has 2 fully saturated rings. The zero-order valence-electron chi connectivity index (χ0n) is 25.2. The van der Waals surface area contributed by atoms with E-state index in [0.29, 0.717) is 40.8 Å². The Morgan fingerprint density at radius 3 is 2.30 bits per heavy atom. The molecule has 7 nitrogen and oxygen atoms in total. The average molecular weight is 648 g/mol. The third-order valence-electron chi connectivity index (χ3n) is 9.31. The summed E-state index contributed by atoms with van der Waals surface area (Å²) in [6.45, 7) is 2.68. The molecule has 0 bridgehead atoms. The number of piperidine rings is 1. The van der Waals surface area contributed by atoms with Crippen LogP contribution in [0.4, 0.5) is 8.78 Å². The molecule has 1 saturated heterocycles. The molecular formula is C33H38Cl2F2N4O3. The predicted molar refractivity (Wildman–Crippen MR) is 166 cm³/mol. The van der Waals surface area contributed by atoms with Gasteiger partial charge < -0.3 is 14.7 Å². The highest BCUT2D eigenvalue weighted by atomic mass is 35.5. The SMILES string of the molecule is CCC(O)(c1cc(F)c([C@](OC2CCC2)(c2ccc(Cl)cc2)N(C)Cc2ncc(Cl)cn2)c(C=O)c1)C1(F)CCN(C)CC1. The number of benzene rings is 2. The molecule has 2 heterocycles. The summed E-state index contributed by atoms with van der Waals surface area (Å²) in [4.78, 5) is 25.3. The maximum Gasteiger partial charge on any atom is 0.178 e. The second-order valence-electron chi connectivity index (χ2n) is 12.0. The number of nitrogens with zero attached hydrogens (tertiary/aromatic N) is 4. The monoisotopic (exact) mass is 646 g/mol. The van der Waals surface area contributed by atoms with Crippen LogP contribution in [0.3, 0.4) is 0 Å². The van der Waals surface area contributed by atoms with E-state index in [1.54, 1.807) is 43.1 Å². The van der Waals surface area contributed by atoms with Gasteiger partial charge in [0.05, 0.1) is 17.7 Å². The molecule has 2 aliphatic rings. The molecule has 236 valence electrons. The van der Waals surface area contributed by atoms with E-state index in [1.165, 1.54) is 18.5 Å². The standard InChI is InChI=1S/C33H38Cl2F2N4O3/c1-4-32(43,31(37)12-14-40(2)15-13-31)24-16-22(21-42)30(28(36)17-24)33(44-27-6-5-7-27,23-8-10-25(34)11-9-23)41(3)20-29-38-18-26(35)19-39-29/h8-11,16-19,21,27,43H,4-7,12-15,20H2,1-3H3/t32?,33-/m1/s1. The fourth-order valence-corrected chi connectivity index (χ4v) is 6.63. The van der Waals surface area contributed by atoms with Gasteiger partial charge in [0.1, 0.15) is 22.9 Å². The van der Waals surface area contributed by atoms with Crippen LogP contribution in [-0.2, 0) is 22.6 Å². The molecule has 5 rings (SSSR count). The molecule has 1 aliphatic carbocycles. The number of aldehydes is 1. The maximum atomic E-state index is 16.9. The lowest BCUT2D eigenvalue weighted by Crippen LogP contribution is -2.54. The van der Waals surface area contributed by atoms with Crippen LogP contribution in [0.15, 0.2) is 48.8 Å². The Balaban J connectivity index is 1.71. The largest absolute Gasteiger partial charge is 0.382 e. The highest BCUT2D eigenvalue weighted by Gasteiger charge is 2.54. The second-order valence-corrected chi connectivity index (χ2v) is 12.9. The molecule has 1 unspecified atom stereocenters. The van der Waals surface area contributed by atoms with Gasteiger partial charge in [-0.3, -0.25) is 9.69 Å². The van der Waals surface area contributed by atoms with Crippen LogP contribution in [-0.4, -0.2) is 70.1 Å². The van der Waals surface area contributed by atoms with Crippen molar-refractivity contribution < 1.29 is 23.4 Å². The fourth-order valence-electron chi connectivity index (χ4n) is 6.41. The molecule has 1 saturated carbocycles. The van der Waals surface area contributed by atoms with Gasteiger partial charge in [-0.2, -0.15) is 0 Å². The summed E-state index contributed by atoms with van der Waals surface area (Å²) in [6, 6.07) is 9.40. The minimum atomic E-state index is -2.01. The molecule has 2 aromatic carbocycles. The van der Waals surface area contributed by atoms with Gasteiger partial charge in [-0.1, -0.05) is 42.3 Å².